The van der Waals surface area contributed by atoms with Gasteiger partial charge in [-0.25, -0.2) is 0 Å². The molecule has 0 aromatic heterocycles. The first-order valence-electron chi connectivity index (χ1n) is 9.20. The Morgan fingerprint density at radius 2 is 1.89 bits per heavy atom. The highest BCUT2D eigenvalue weighted by Gasteiger charge is 2.52. The number of benzene rings is 1. The molecule has 2 aliphatic heterocycles. The first kappa shape index (κ1) is 19.6. The molecule has 144 valence electrons. The molecule has 1 saturated heterocycles. The number of ketones is 1. The van der Waals surface area contributed by atoms with Crippen molar-refractivity contribution in [1.29, 1.82) is 0 Å². The minimum atomic E-state index is -0.579. The van der Waals surface area contributed by atoms with Crippen molar-refractivity contribution < 1.29 is 23.6 Å². The maximum Gasteiger partial charge on any atom is 0.492 e. The van der Waals surface area contributed by atoms with E-state index in [1.54, 1.807) is 6.07 Å². The number of hydrogen-bond donors (Lipinski definition) is 1. The van der Waals surface area contributed by atoms with Crippen molar-refractivity contribution in [3.63, 3.8) is 0 Å². The Morgan fingerprint density at radius 3 is 2.52 bits per heavy atom. The summed E-state index contributed by atoms with van der Waals surface area (Å²) in [7, 11) is -0.579. The molecule has 0 atom stereocenters. The third-order valence-electron chi connectivity index (χ3n) is 5.34. The first-order valence-corrected chi connectivity index (χ1v) is 9.20. The van der Waals surface area contributed by atoms with E-state index in [0.717, 1.165) is 11.0 Å². The van der Waals surface area contributed by atoms with Crippen molar-refractivity contribution >= 4 is 24.9 Å². The van der Waals surface area contributed by atoms with Gasteiger partial charge in [0.2, 0.25) is 5.91 Å². The van der Waals surface area contributed by atoms with Gasteiger partial charge in [0.1, 0.15) is 5.75 Å². The number of ether oxygens (including phenoxy) is 1. The third-order valence-corrected chi connectivity index (χ3v) is 5.34. The molecule has 0 bridgehead atoms. The molecule has 3 rings (SSSR count). The highest BCUT2D eigenvalue weighted by atomic mass is 16.7. The second-order valence-electron chi connectivity index (χ2n) is 7.99. The normalized spacial score (nSPS) is 20.9. The summed E-state index contributed by atoms with van der Waals surface area (Å²) in [6.45, 7) is 10.1. The predicted molar refractivity (Wildman–Crippen MR) is 104 cm³/mol. The number of nitrogens with one attached hydrogen (secondary N) is 1. The molecule has 0 saturated carbocycles. The molecule has 1 aromatic carbocycles. The van der Waals surface area contributed by atoms with Gasteiger partial charge in [-0.2, -0.15) is 0 Å². The smallest absolute Gasteiger partial charge is 0.492 e. The van der Waals surface area contributed by atoms with Crippen LogP contribution >= 0.6 is 0 Å². The van der Waals surface area contributed by atoms with E-state index >= 15 is 0 Å². The summed E-state index contributed by atoms with van der Waals surface area (Å²) >= 11 is 0. The number of amides is 1. The number of carbonyl (C=O) groups excluding carboxylic acids is 2. The van der Waals surface area contributed by atoms with Gasteiger partial charge in [0, 0.05) is 19.9 Å². The van der Waals surface area contributed by atoms with Crippen LogP contribution in [0.3, 0.4) is 0 Å². The lowest BCUT2D eigenvalue weighted by molar-refractivity contribution is -0.118. The molecule has 1 aromatic rings. The van der Waals surface area contributed by atoms with Crippen molar-refractivity contribution in [2.45, 2.75) is 52.2 Å². The Bertz CT molecular complexity index is 784. The average molecular weight is 371 g/mol. The predicted octanol–water partition coefficient (Wildman–Crippen LogP) is 2.80. The molecule has 2 heterocycles. The first-order chi connectivity index (χ1) is 12.6. The topological polar surface area (TPSA) is 73.9 Å². The van der Waals surface area contributed by atoms with Crippen LogP contribution in [-0.2, 0) is 14.1 Å². The van der Waals surface area contributed by atoms with Gasteiger partial charge in [-0.05, 0) is 50.9 Å². The lowest BCUT2D eigenvalue weighted by Gasteiger charge is -2.32. The van der Waals surface area contributed by atoms with Gasteiger partial charge < -0.3 is 19.4 Å². The van der Waals surface area contributed by atoms with Gasteiger partial charge >= 0.3 is 7.12 Å². The van der Waals surface area contributed by atoms with Crippen molar-refractivity contribution in [3.8, 4) is 5.75 Å². The largest absolute Gasteiger partial charge is 0.492 e. The average Bonchev–Trinajstić information content (AvgIpc) is 2.79. The Balaban J connectivity index is 1.93. The van der Waals surface area contributed by atoms with E-state index in [9.17, 15) is 9.59 Å². The molecule has 1 fully saturated rings. The van der Waals surface area contributed by atoms with Crippen LogP contribution in [0.5, 0.6) is 5.75 Å². The molecule has 0 unspecified atom stereocenters. The number of carbonyl (C=O) groups is 2. The Hall–Kier alpha value is -2.12. The van der Waals surface area contributed by atoms with E-state index in [-0.39, 0.29) is 11.7 Å². The van der Waals surface area contributed by atoms with Crippen LogP contribution in [-0.4, -0.2) is 43.2 Å². The molecule has 2 aliphatic rings. The van der Waals surface area contributed by atoms with Crippen LogP contribution in [0.15, 0.2) is 23.7 Å². The maximum absolute atomic E-state index is 12.2. The van der Waals surface area contributed by atoms with E-state index in [1.165, 1.54) is 6.92 Å². The van der Waals surface area contributed by atoms with Crippen LogP contribution in [0.25, 0.3) is 6.08 Å². The van der Waals surface area contributed by atoms with Gasteiger partial charge in [0.25, 0.3) is 0 Å². The molecule has 1 amide bonds. The van der Waals surface area contributed by atoms with Crippen LogP contribution in [0, 0.1) is 0 Å². The summed E-state index contributed by atoms with van der Waals surface area (Å²) < 4.78 is 17.8. The maximum atomic E-state index is 12.2. The lowest BCUT2D eigenvalue weighted by atomic mass is 9.76. The summed E-state index contributed by atoms with van der Waals surface area (Å²) in [5.74, 6) is 0.555. The number of rotatable bonds is 4. The van der Waals surface area contributed by atoms with Gasteiger partial charge in [-0.15, -0.1) is 0 Å². The molecule has 27 heavy (non-hydrogen) atoms. The van der Waals surface area contributed by atoms with Crippen molar-refractivity contribution in [1.82, 2.24) is 5.32 Å². The van der Waals surface area contributed by atoms with Crippen molar-refractivity contribution in [3.05, 3.63) is 34.8 Å². The fraction of sp³-hybridized carbons (Fsp3) is 0.500. The van der Waals surface area contributed by atoms with Crippen LogP contribution in [0.1, 0.15) is 57.0 Å². The third kappa shape index (κ3) is 4.09. The highest BCUT2D eigenvalue weighted by molar-refractivity contribution is 6.56. The second kappa shape index (κ2) is 7.13. The zero-order valence-corrected chi connectivity index (χ0v) is 16.5. The minimum absolute atomic E-state index is 0.0746. The second-order valence-corrected chi connectivity index (χ2v) is 7.99. The fourth-order valence-electron chi connectivity index (χ4n) is 3.01. The summed E-state index contributed by atoms with van der Waals surface area (Å²) in [5.41, 5.74) is 1.25. The van der Waals surface area contributed by atoms with Gasteiger partial charge in [0.05, 0.1) is 23.4 Å². The molecule has 0 radical (unpaired) electrons. The quantitative estimate of drug-likeness (QED) is 0.824. The van der Waals surface area contributed by atoms with Crippen LogP contribution in [0.2, 0.25) is 0 Å². The van der Waals surface area contributed by atoms with E-state index in [1.807, 2.05) is 45.9 Å². The minimum Gasteiger partial charge on any atom is -0.492 e. The SMILES string of the molecule is CC(=O)NCC(=Cc1ccc2c(c1)C(=O)CCO2)B1OC(C)(C)C(C)(C)O1. The van der Waals surface area contributed by atoms with E-state index in [2.05, 4.69) is 5.32 Å². The summed E-state index contributed by atoms with van der Waals surface area (Å²) in [5, 5.41) is 2.81. The molecule has 0 spiro atoms. The number of Topliss-reactive ketones (excluding diaryl/α,β-unsaturated/α-hetero) is 1. The van der Waals surface area contributed by atoms with Crippen molar-refractivity contribution in [2.24, 2.45) is 0 Å². The van der Waals surface area contributed by atoms with E-state index in [4.69, 9.17) is 14.0 Å². The van der Waals surface area contributed by atoms with Crippen LogP contribution < -0.4 is 10.1 Å². The molecule has 1 N–H and O–H groups in total. The molecular weight excluding hydrogens is 345 g/mol. The zero-order valence-electron chi connectivity index (χ0n) is 16.5. The number of hydrogen-bond acceptors (Lipinski definition) is 5. The Labute approximate surface area is 160 Å². The number of fused-ring (bicyclic) bond motifs is 1. The summed E-state index contributed by atoms with van der Waals surface area (Å²) in [4.78, 5) is 23.6. The molecule has 0 aliphatic carbocycles. The molecule has 7 heteroatoms. The summed E-state index contributed by atoms with van der Waals surface area (Å²) in [6, 6.07) is 5.50. The highest BCUT2D eigenvalue weighted by Crippen LogP contribution is 2.39. The van der Waals surface area contributed by atoms with E-state index in [0.29, 0.717) is 30.9 Å². The van der Waals surface area contributed by atoms with Gasteiger partial charge in [-0.3, -0.25) is 9.59 Å². The summed E-state index contributed by atoms with van der Waals surface area (Å²) in [6.07, 6.45) is 2.29. The fourth-order valence-corrected chi connectivity index (χ4v) is 3.01. The Kier molecular flexibility index (Phi) is 5.19. The van der Waals surface area contributed by atoms with Crippen molar-refractivity contribution in [2.75, 3.05) is 13.2 Å². The van der Waals surface area contributed by atoms with Gasteiger partial charge in [-0.1, -0.05) is 12.1 Å². The molecular formula is C20H26BNO5. The van der Waals surface area contributed by atoms with E-state index < -0.39 is 18.3 Å². The Morgan fingerprint density at radius 1 is 1.22 bits per heavy atom. The lowest BCUT2D eigenvalue weighted by Crippen LogP contribution is -2.41. The van der Waals surface area contributed by atoms with Gasteiger partial charge in [0.15, 0.2) is 5.78 Å². The van der Waals surface area contributed by atoms with Crippen LogP contribution in [0.4, 0.5) is 0 Å². The molecule has 6 nitrogen and oxygen atoms in total. The standard InChI is InChI=1S/C20H26BNO5/c1-13(23)22-12-15(21-26-19(2,3)20(4,5)27-21)10-14-6-7-18-16(11-14)17(24)8-9-25-18/h6-7,10-11H,8-9,12H2,1-5H3,(H,22,23). The monoisotopic (exact) mass is 371 g/mol. The zero-order chi connectivity index (χ0) is 19.8.